The van der Waals surface area contributed by atoms with Gasteiger partial charge in [-0.15, -0.1) is 0 Å². The van der Waals surface area contributed by atoms with Gasteiger partial charge in [-0.3, -0.25) is 9.59 Å². The van der Waals surface area contributed by atoms with E-state index >= 15 is 0 Å². The Morgan fingerprint density at radius 1 is 1.00 bits per heavy atom. The topological polar surface area (TPSA) is 93.1 Å². The summed E-state index contributed by atoms with van der Waals surface area (Å²) in [6, 6.07) is 22.1. The van der Waals surface area contributed by atoms with Crippen LogP contribution in [0.15, 0.2) is 105 Å². The van der Waals surface area contributed by atoms with E-state index in [4.69, 9.17) is 13.6 Å². The molecular formula is C27H21NO6. The number of aliphatic hydroxyl groups excluding tert-OH is 1. The van der Waals surface area contributed by atoms with Crippen molar-refractivity contribution in [1.82, 2.24) is 4.90 Å². The van der Waals surface area contributed by atoms with Crippen LogP contribution in [0, 0.1) is 6.92 Å². The van der Waals surface area contributed by atoms with Crippen molar-refractivity contribution in [3.63, 3.8) is 0 Å². The van der Waals surface area contributed by atoms with Crippen molar-refractivity contribution in [2.24, 2.45) is 0 Å². The second kappa shape index (κ2) is 8.78. The van der Waals surface area contributed by atoms with Crippen molar-refractivity contribution in [1.29, 1.82) is 0 Å². The monoisotopic (exact) mass is 455 g/mol. The SMILES string of the molecule is Cc1ccc(C(=O)C2=C(O)C(=O)N(Cc3ccco3)[C@H]2c2cccc(Oc3ccccc3)c2)o1. The molecule has 7 nitrogen and oxygen atoms in total. The molecule has 0 unspecified atom stereocenters. The summed E-state index contributed by atoms with van der Waals surface area (Å²) < 4.78 is 16.9. The fraction of sp³-hybridized carbons (Fsp3) is 0.111. The molecule has 1 atom stereocenters. The summed E-state index contributed by atoms with van der Waals surface area (Å²) in [6.45, 7) is 1.79. The average Bonchev–Trinajstić information content (AvgIpc) is 3.57. The van der Waals surface area contributed by atoms with Gasteiger partial charge in [-0.05, 0) is 61.0 Å². The van der Waals surface area contributed by atoms with Crippen molar-refractivity contribution in [3.8, 4) is 11.5 Å². The largest absolute Gasteiger partial charge is 0.503 e. The Balaban J connectivity index is 1.56. The highest BCUT2D eigenvalue weighted by molar-refractivity contribution is 6.15. The Morgan fingerprint density at radius 3 is 2.50 bits per heavy atom. The third-order valence-corrected chi connectivity index (χ3v) is 5.57. The number of nitrogens with zero attached hydrogens (tertiary/aromatic N) is 1. The molecule has 4 aromatic rings. The Morgan fingerprint density at radius 2 is 1.79 bits per heavy atom. The first-order valence-corrected chi connectivity index (χ1v) is 10.7. The molecule has 0 saturated heterocycles. The van der Waals surface area contributed by atoms with Gasteiger partial charge in [-0.25, -0.2) is 0 Å². The van der Waals surface area contributed by atoms with Gasteiger partial charge >= 0.3 is 0 Å². The molecule has 0 bridgehead atoms. The predicted molar refractivity (Wildman–Crippen MR) is 122 cm³/mol. The summed E-state index contributed by atoms with van der Waals surface area (Å²) in [5.74, 6) is 0.470. The molecular weight excluding hydrogens is 434 g/mol. The molecule has 3 heterocycles. The van der Waals surface area contributed by atoms with Crippen LogP contribution in [0.2, 0.25) is 0 Å². The number of carbonyl (C=O) groups is 2. The number of amides is 1. The zero-order valence-corrected chi connectivity index (χ0v) is 18.3. The quantitative estimate of drug-likeness (QED) is 0.357. The Kier molecular flexibility index (Phi) is 5.51. The lowest BCUT2D eigenvalue weighted by atomic mass is 9.95. The molecule has 2 aromatic carbocycles. The zero-order chi connectivity index (χ0) is 23.7. The first kappa shape index (κ1) is 21.3. The molecule has 2 aromatic heterocycles. The van der Waals surface area contributed by atoms with Crippen LogP contribution in [0.1, 0.15) is 33.7 Å². The van der Waals surface area contributed by atoms with E-state index in [-0.39, 0.29) is 17.9 Å². The number of aryl methyl sites for hydroxylation is 1. The van der Waals surface area contributed by atoms with Gasteiger partial charge in [0.15, 0.2) is 11.5 Å². The Bertz CT molecular complexity index is 1370. The minimum atomic E-state index is -0.866. The van der Waals surface area contributed by atoms with E-state index in [1.807, 2.05) is 30.3 Å². The summed E-state index contributed by atoms with van der Waals surface area (Å²) in [5, 5.41) is 10.8. The number of ether oxygens (including phenoxy) is 1. The van der Waals surface area contributed by atoms with Crippen molar-refractivity contribution in [3.05, 3.63) is 119 Å². The molecule has 170 valence electrons. The highest BCUT2D eigenvalue weighted by atomic mass is 16.5. The molecule has 0 fully saturated rings. The van der Waals surface area contributed by atoms with Crippen LogP contribution in [0.4, 0.5) is 0 Å². The highest BCUT2D eigenvalue weighted by Gasteiger charge is 2.44. The molecule has 1 amide bonds. The lowest BCUT2D eigenvalue weighted by molar-refractivity contribution is -0.130. The summed E-state index contributed by atoms with van der Waals surface area (Å²) in [6.07, 6.45) is 1.50. The molecule has 0 radical (unpaired) electrons. The summed E-state index contributed by atoms with van der Waals surface area (Å²) in [5.41, 5.74) is 0.548. The maximum absolute atomic E-state index is 13.4. The lowest BCUT2D eigenvalue weighted by Gasteiger charge is -2.26. The third kappa shape index (κ3) is 3.99. The third-order valence-electron chi connectivity index (χ3n) is 5.57. The van der Waals surface area contributed by atoms with Crippen molar-refractivity contribution in [2.45, 2.75) is 19.5 Å². The van der Waals surface area contributed by atoms with E-state index in [0.717, 1.165) is 0 Å². The zero-order valence-electron chi connectivity index (χ0n) is 18.3. The Hall–Kier alpha value is -4.52. The Labute approximate surface area is 195 Å². The number of benzene rings is 2. The number of hydrogen-bond acceptors (Lipinski definition) is 6. The molecule has 0 spiro atoms. The van der Waals surface area contributed by atoms with Crippen LogP contribution >= 0.6 is 0 Å². The second-order valence-electron chi connectivity index (χ2n) is 7.90. The predicted octanol–water partition coefficient (Wildman–Crippen LogP) is 5.75. The van der Waals surface area contributed by atoms with E-state index in [9.17, 15) is 14.7 Å². The number of ketones is 1. The molecule has 1 aliphatic heterocycles. The normalized spacial score (nSPS) is 15.7. The van der Waals surface area contributed by atoms with E-state index in [0.29, 0.717) is 28.6 Å². The number of para-hydroxylation sites is 1. The fourth-order valence-electron chi connectivity index (χ4n) is 4.03. The smallest absolute Gasteiger partial charge is 0.290 e. The number of hydrogen-bond donors (Lipinski definition) is 1. The van der Waals surface area contributed by atoms with Gasteiger partial charge in [0.25, 0.3) is 5.91 Å². The fourth-order valence-corrected chi connectivity index (χ4v) is 4.03. The maximum atomic E-state index is 13.4. The minimum Gasteiger partial charge on any atom is -0.503 e. The van der Waals surface area contributed by atoms with Crippen LogP contribution in [-0.2, 0) is 11.3 Å². The summed E-state index contributed by atoms with van der Waals surface area (Å²) in [7, 11) is 0. The summed E-state index contributed by atoms with van der Waals surface area (Å²) in [4.78, 5) is 27.9. The van der Waals surface area contributed by atoms with Gasteiger partial charge in [0, 0.05) is 0 Å². The summed E-state index contributed by atoms with van der Waals surface area (Å²) >= 11 is 0. The lowest BCUT2D eigenvalue weighted by Crippen LogP contribution is -2.30. The first-order valence-electron chi connectivity index (χ1n) is 10.7. The van der Waals surface area contributed by atoms with Crippen molar-refractivity contribution >= 4 is 11.7 Å². The maximum Gasteiger partial charge on any atom is 0.290 e. The molecule has 5 rings (SSSR count). The van der Waals surface area contributed by atoms with Crippen LogP contribution in [0.3, 0.4) is 0 Å². The van der Waals surface area contributed by atoms with Crippen LogP contribution < -0.4 is 4.74 Å². The van der Waals surface area contributed by atoms with E-state index in [2.05, 4.69) is 0 Å². The number of rotatable bonds is 7. The molecule has 1 N–H and O–H groups in total. The van der Waals surface area contributed by atoms with Crippen molar-refractivity contribution in [2.75, 3.05) is 0 Å². The molecule has 1 aliphatic rings. The molecule has 34 heavy (non-hydrogen) atoms. The van der Waals surface area contributed by atoms with Gasteiger partial charge < -0.3 is 23.6 Å². The van der Waals surface area contributed by atoms with Gasteiger partial charge in [0.05, 0.1) is 24.4 Å². The van der Waals surface area contributed by atoms with Crippen LogP contribution in [-0.4, -0.2) is 21.7 Å². The standard InChI is InChI=1S/C27H21NO6/c1-17-12-13-22(33-17)25(29)23-24(28(27(31)26(23)30)16-21-11-6-14-32-21)18-7-5-10-20(15-18)34-19-8-3-2-4-9-19/h2-15,24,30H,16H2,1H3/t24-/m0/s1. The number of Topliss-reactive ketones (excluding diaryl/α,β-unsaturated/α-hetero) is 1. The second-order valence-corrected chi connectivity index (χ2v) is 7.90. The van der Waals surface area contributed by atoms with Crippen LogP contribution in [0.25, 0.3) is 0 Å². The van der Waals surface area contributed by atoms with E-state index in [1.165, 1.54) is 17.2 Å². The number of carbonyl (C=O) groups excluding carboxylic acids is 2. The minimum absolute atomic E-state index is 0.0494. The van der Waals surface area contributed by atoms with E-state index < -0.39 is 23.5 Å². The number of furan rings is 2. The van der Waals surface area contributed by atoms with Crippen molar-refractivity contribution < 1.29 is 28.3 Å². The number of aliphatic hydroxyl groups is 1. The van der Waals surface area contributed by atoms with Crippen LogP contribution in [0.5, 0.6) is 11.5 Å². The van der Waals surface area contributed by atoms with Gasteiger partial charge in [-0.1, -0.05) is 30.3 Å². The molecule has 0 aliphatic carbocycles. The molecule has 0 saturated carbocycles. The average molecular weight is 455 g/mol. The van der Waals surface area contributed by atoms with Gasteiger partial charge in [0.1, 0.15) is 23.0 Å². The van der Waals surface area contributed by atoms with Gasteiger partial charge in [0.2, 0.25) is 5.78 Å². The first-order chi connectivity index (χ1) is 16.5. The molecule has 7 heteroatoms. The van der Waals surface area contributed by atoms with Gasteiger partial charge in [-0.2, -0.15) is 0 Å². The van der Waals surface area contributed by atoms with E-state index in [1.54, 1.807) is 49.4 Å². The highest BCUT2D eigenvalue weighted by Crippen LogP contribution is 2.41.